The van der Waals surface area contributed by atoms with Gasteiger partial charge < -0.3 is 0 Å². The summed E-state index contributed by atoms with van der Waals surface area (Å²) in [4.78, 5) is 0. The van der Waals surface area contributed by atoms with Gasteiger partial charge in [-0.2, -0.15) is 18.4 Å². The predicted molar refractivity (Wildman–Crippen MR) is 101 cm³/mol. The van der Waals surface area contributed by atoms with E-state index in [1.807, 2.05) is 6.92 Å². The summed E-state index contributed by atoms with van der Waals surface area (Å²) in [6.07, 6.45) is -4.45. The molecule has 27 heavy (non-hydrogen) atoms. The molecule has 2 nitrogen and oxygen atoms in total. The van der Waals surface area contributed by atoms with Crippen molar-refractivity contribution in [1.29, 1.82) is 5.26 Å². The lowest BCUT2D eigenvalue weighted by atomic mass is 10.0. The van der Waals surface area contributed by atoms with Gasteiger partial charge >= 0.3 is 6.18 Å². The van der Waals surface area contributed by atoms with Crippen molar-refractivity contribution in [2.75, 3.05) is 13.6 Å². The van der Waals surface area contributed by atoms with Crippen molar-refractivity contribution < 1.29 is 13.2 Å². The monoisotopic (exact) mass is 387 g/mol. The molecule has 2 aromatic rings. The van der Waals surface area contributed by atoms with Crippen molar-refractivity contribution in [2.24, 2.45) is 0 Å². The average molecular weight is 388 g/mol. The highest BCUT2D eigenvalue weighted by molar-refractivity contribution is 6.30. The van der Waals surface area contributed by atoms with Gasteiger partial charge in [-0.1, -0.05) is 23.6 Å². The Morgan fingerprint density at radius 1 is 1.11 bits per heavy atom. The van der Waals surface area contributed by atoms with Crippen LogP contribution in [0, 0.1) is 23.2 Å². The van der Waals surface area contributed by atoms with Crippen LogP contribution in [0.5, 0.6) is 0 Å². The highest BCUT2D eigenvalue weighted by atomic mass is 35.5. The Morgan fingerprint density at radius 2 is 1.85 bits per heavy atom. The maximum absolute atomic E-state index is 13.2. The van der Waals surface area contributed by atoms with Gasteiger partial charge in [0.25, 0.3) is 0 Å². The highest BCUT2D eigenvalue weighted by Gasteiger charge is 2.43. The van der Waals surface area contributed by atoms with E-state index in [4.69, 9.17) is 11.6 Å². The van der Waals surface area contributed by atoms with E-state index in [1.54, 1.807) is 31.3 Å². The number of allylic oxidation sites excluding steroid dienone is 2. The van der Waals surface area contributed by atoms with E-state index in [9.17, 15) is 18.4 Å². The zero-order valence-corrected chi connectivity index (χ0v) is 15.4. The van der Waals surface area contributed by atoms with Gasteiger partial charge in [0, 0.05) is 16.7 Å². The number of nitrogens with zero attached hydrogens (tertiary/aromatic N) is 2. The molecule has 1 heterocycles. The van der Waals surface area contributed by atoms with E-state index in [-0.39, 0.29) is 4.48 Å². The Labute approximate surface area is 160 Å². The Hall–Kier alpha value is -2.73. The second-order valence-corrected chi connectivity index (χ2v) is 6.77. The summed E-state index contributed by atoms with van der Waals surface area (Å²) in [6, 6.07) is 12.6. The third kappa shape index (κ3) is 3.32. The minimum absolute atomic E-state index is 0.0374. The summed E-state index contributed by atoms with van der Waals surface area (Å²) < 4.78 is 39.5. The molecule has 1 atom stereocenters. The van der Waals surface area contributed by atoms with Crippen molar-refractivity contribution >= 4 is 22.9 Å². The number of alkyl halides is 3. The van der Waals surface area contributed by atoms with Gasteiger partial charge in [0.1, 0.15) is 17.3 Å². The molecular formula is C21H15ClF3N2+. The lowest BCUT2D eigenvalue weighted by Gasteiger charge is -2.29. The quantitative estimate of drug-likeness (QED) is 0.460. The van der Waals surface area contributed by atoms with E-state index < -0.39 is 11.7 Å². The molecule has 0 N–H and O–H groups in total. The summed E-state index contributed by atoms with van der Waals surface area (Å²) in [6.45, 7) is 2.31. The Kier molecular flexibility index (Phi) is 4.78. The van der Waals surface area contributed by atoms with Crippen LogP contribution in [-0.2, 0) is 6.18 Å². The van der Waals surface area contributed by atoms with Gasteiger partial charge in [0.15, 0.2) is 0 Å². The molecule has 136 valence electrons. The van der Waals surface area contributed by atoms with Crippen molar-refractivity contribution in [1.82, 2.24) is 4.48 Å². The van der Waals surface area contributed by atoms with Crippen molar-refractivity contribution in [3.05, 3.63) is 69.9 Å². The molecule has 0 saturated heterocycles. The highest BCUT2D eigenvalue weighted by Crippen LogP contribution is 2.46. The van der Waals surface area contributed by atoms with Gasteiger partial charge in [0.2, 0.25) is 5.70 Å². The minimum atomic E-state index is -4.45. The van der Waals surface area contributed by atoms with Crippen LogP contribution >= 0.6 is 11.6 Å². The smallest absolute Gasteiger partial charge is 0.252 e. The van der Waals surface area contributed by atoms with Gasteiger partial charge in [-0.25, -0.2) is 0 Å². The first kappa shape index (κ1) is 19.0. The number of benzene rings is 2. The first-order valence-corrected chi connectivity index (χ1v) is 8.58. The molecule has 0 spiro atoms. The van der Waals surface area contributed by atoms with E-state index in [0.717, 1.165) is 12.1 Å². The first-order valence-electron chi connectivity index (χ1n) is 8.21. The van der Waals surface area contributed by atoms with Crippen LogP contribution in [0.1, 0.15) is 23.6 Å². The molecular weight excluding hydrogens is 373 g/mol. The summed E-state index contributed by atoms with van der Waals surface area (Å²) in [5.41, 5.74) is 1.64. The molecule has 0 bridgehead atoms. The first-order chi connectivity index (χ1) is 12.7. The Bertz CT molecular complexity index is 1050. The number of quaternary nitrogens is 1. The van der Waals surface area contributed by atoms with E-state index >= 15 is 0 Å². The van der Waals surface area contributed by atoms with Crippen LogP contribution in [-0.4, -0.2) is 13.6 Å². The van der Waals surface area contributed by atoms with Crippen molar-refractivity contribution in [3.63, 3.8) is 0 Å². The number of hydrogen-bond donors (Lipinski definition) is 0. The number of fused-ring (bicyclic) bond motifs is 1. The van der Waals surface area contributed by atoms with Crippen LogP contribution in [0.2, 0.25) is 5.02 Å². The molecule has 3 rings (SSSR count). The lowest BCUT2D eigenvalue weighted by molar-refractivity contribution is -0.137. The summed E-state index contributed by atoms with van der Waals surface area (Å²) >= 11 is 5.97. The normalized spacial score (nSPS) is 18.6. The van der Waals surface area contributed by atoms with Gasteiger partial charge in [-0.05, 0) is 43.2 Å². The molecule has 1 aliphatic rings. The minimum Gasteiger partial charge on any atom is -0.252 e. The van der Waals surface area contributed by atoms with Crippen molar-refractivity contribution in [3.8, 4) is 17.9 Å². The lowest BCUT2D eigenvalue weighted by Crippen LogP contribution is -2.41. The zero-order valence-electron chi connectivity index (χ0n) is 14.7. The Balaban J connectivity index is 2.18. The predicted octanol–water partition coefficient (Wildman–Crippen LogP) is 5.62. The van der Waals surface area contributed by atoms with E-state index in [0.29, 0.717) is 39.7 Å². The average Bonchev–Trinajstić information content (AvgIpc) is 2.87. The van der Waals surface area contributed by atoms with E-state index in [1.165, 1.54) is 6.07 Å². The van der Waals surface area contributed by atoms with Crippen LogP contribution in [0.25, 0.3) is 5.57 Å². The fraction of sp³-hybridized carbons (Fsp3) is 0.190. The fourth-order valence-electron chi connectivity index (χ4n) is 3.15. The Morgan fingerprint density at radius 3 is 2.44 bits per heavy atom. The van der Waals surface area contributed by atoms with Gasteiger partial charge in [-0.3, -0.25) is 4.48 Å². The second-order valence-electron chi connectivity index (χ2n) is 6.33. The van der Waals surface area contributed by atoms with Gasteiger partial charge in [0.05, 0.1) is 24.7 Å². The maximum Gasteiger partial charge on any atom is 0.416 e. The third-order valence-electron chi connectivity index (χ3n) is 4.75. The number of halogens is 4. The molecule has 1 unspecified atom stereocenters. The molecule has 6 heteroatoms. The number of nitriles is 1. The molecule has 0 fully saturated rings. The molecule has 2 aromatic carbocycles. The SMILES string of the molecule is CC[N+]1(C)C(C#Cc2cccc(Cl)c2)=C(C#N)c2ccc(C(F)(F)F)cc21. The molecule has 0 amide bonds. The third-order valence-corrected chi connectivity index (χ3v) is 4.99. The van der Waals surface area contributed by atoms with Crippen LogP contribution < -0.4 is 4.48 Å². The largest absolute Gasteiger partial charge is 0.416 e. The second kappa shape index (κ2) is 6.78. The maximum atomic E-state index is 13.2. The summed E-state index contributed by atoms with van der Waals surface area (Å²) in [7, 11) is 1.77. The molecule has 0 aromatic heterocycles. The van der Waals surface area contributed by atoms with E-state index in [2.05, 4.69) is 17.9 Å². The standard InChI is InChI=1S/C21H15ClF3N2/c1-3-27(2)19(10-7-14-5-4-6-16(22)11-14)18(13-26)17-9-8-15(12-20(17)27)21(23,24)25/h4-6,8-9,11-12H,3H2,1-2H3/q+1. The number of rotatable bonds is 1. The van der Waals surface area contributed by atoms with Crippen LogP contribution in [0.4, 0.5) is 18.9 Å². The van der Waals surface area contributed by atoms with Crippen LogP contribution in [0.3, 0.4) is 0 Å². The molecule has 1 aliphatic heterocycles. The number of hydrogen-bond acceptors (Lipinski definition) is 1. The fourth-order valence-corrected chi connectivity index (χ4v) is 3.34. The van der Waals surface area contributed by atoms with Crippen molar-refractivity contribution in [2.45, 2.75) is 13.1 Å². The summed E-state index contributed by atoms with van der Waals surface area (Å²) in [5.74, 6) is 5.99. The van der Waals surface area contributed by atoms with Gasteiger partial charge in [-0.15, -0.1) is 0 Å². The zero-order chi connectivity index (χ0) is 19.8. The topological polar surface area (TPSA) is 23.8 Å². The van der Waals surface area contributed by atoms with Crippen LogP contribution in [0.15, 0.2) is 48.2 Å². The molecule has 0 radical (unpaired) electrons. The molecule has 0 saturated carbocycles. The molecule has 0 aliphatic carbocycles. The summed E-state index contributed by atoms with van der Waals surface area (Å²) in [5, 5.41) is 10.2.